The van der Waals surface area contributed by atoms with Crippen LogP contribution in [0.15, 0.2) is 11.0 Å². The molecule has 1 aliphatic carbocycles. The standard InChI is InChI=1S/C27H41NO5S/c1-15-8-7-9-19-11-20(19)12-22(16(2)10-21-14-34-18(4)28-21)33-24(30)13-23(29)27(5,6)26(32)17(3)25(15)31/h10,14-15,17,19-20,22-23,25,29,31H,7-9,11-13H2,1-6H3/b16-10+/t15-,17+,19+,20-,22-,23-,25-/m0/s1. The number of esters is 1. The number of ether oxygens (including phenoxy) is 1. The number of ketones is 1. The molecule has 3 rings (SSSR count). The number of hydrogen-bond acceptors (Lipinski definition) is 7. The maximum absolute atomic E-state index is 13.2. The van der Waals surface area contributed by atoms with Gasteiger partial charge in [-0.15, -0.1) is 11.3 Å². The van der Waals surface area contributed by atoms with Crippen molar-refractivity contribution in [3.05, 3.63) is 21.7 Å². The normalized spacial score (nSPS) is 36.0. The summed E-state index contributed by atoms with van der Waals surface area (Å²) < 4.78 is 5.90. The fourth-order valence-corrected chi connectivity index (χ4v) is 5.79. The van der Waals surface area contributed by atoms with Crippen LogP contribution in [0.2, 0.25) is 0 Å². The van der Waals surface area contributed by atoms with Gasteiger partial charge in [-0.2, -0.15) is 0 Å². The molecule has 2 heterocycles. The van der Waals surface area contributed by atoms with E-state index in [1.807, 2.05) is 32.2 Å². The Labute approximate surface area is 207 Å². The van der Waals surface area contributed by atoms with Crippen LogP contribution in [0.3, 0.4) is 0 Å². The van der Waals surface area contributed by atoms with Gasteiger partial charge in [0, 0.05) is 11.3 Å². The monoisotopic (exact) mass is 491 g/mol. The molecule has 2 fully saturated rings. The molecule has 34 heavy (non-hydrogen) atoms. The van der Waals surface area contributed by atoms with Crippen molar-refractivity contribution in [2.24, 2.45) is 29.1 Å². The first kappa shape index (κ1) is 27.0. The summed E-state index contributed by atoms with van der Waals surface area (Å²) in [4.78, 5) is 30.6. The molecular formula is C27H41NO5S. The fraction of sp³-hybridized carbons (Fsp3) is 0.741. The molecule has 2 aliphatic rings. The second-order valence-electron chi connectivity index (χ2n) is 11.1. The van der Waals surface area contributed by atoms with E-state index in [0.717, 1.165) is 48.4 Å². The molecule has 1 aromatic heterocycles. The van der Waals surface area contributed by atoms with E-state index in [4.69, 9.17) is 4.74 Å². The number of rotatable bonds is 2. The Morgan fingerprint density at radius 1 is 1.18 bits per heavy atom. The van der Waals surface area contributed by atoms with Gasteiger partial charge in [0.1, 0.15) is 11.9 Å². The number of carbonyl (C=O) groups excluding carboxylic acids is 2. The lowest BCUT2D eigenvalue weighted by Crippen LogP contribution is -2.45. The molecule has 2 N–H and O–H groups in total. The van der Waals surface area contributed by atoms with E-state index in [1.54, 1.807) is 32.1 Å². The van der Waals surface area contributed by atoms with E-state index in [-0.39, 0.29) is 24.2 Å². The van der Waals surface area contributed by atoms with Gasteiger partial charge in [-0.05, 0) is 62.5 Å². The fourth-order valence-electron chi connectivity index (χ4n) is 5.22. The first-order valence-electron chi connectivity index (χ1n) is 12.6. The maximum Gasteiger partial charge on any atom is 0.309 e. The van der Waals surface area contributed by atoms with E-state index >= 15 is 0 Å². The van der Waals surface area contributed by atoms with Gasteiger partial charge in [0.25, 0.3) is 0 Å². The van der Waals surface area contributed by atoms with Crippen LogP contribution < -0.4 is 0 Å². The second kappa shape index (κ2) is 11.0. The van der Waals surface area contributed by atoms with Crippen LogP contribution in [-0.4, -0.2) is 45.3 Å². The zero-order chi connectivity index (χ0) is 25.2. The molecule has 7 heteroatoms. The largest absolute Gasteiger partial charge is 0.458 e. The third-order valence-electron chi connectivity index (χ3n) is 7.95. The lowest BCUT2D eigenvalue weighted by atomic mass is 9.73. The summed E-state index contributed by atoms with van der Waals surface area (Å²) in [6.45, 7) is 10.9. The SMILES string of the molecule is C/C(=C\c1csc(C)n1)[C@@H]1C[C@@H]2C[C@H]2CCC[C@H](C)[C@H](O)[C@@H](C)C(=O)C(C)(C)[C@@H](O)CC(=O)O1. The number of fused-ring (bicyclic) bond motifs is 1. The van der Waals surface area contributed by atoms with E-state index in [1.165, 1.54) is 0 Å². The van der Waals surface area contributed by atoms with Gasteiger partial charge < -0.3 is 14.9 Å². The molecule has 0 spiro atoms. The van der Waals surface area contributed by atoms with Crippen molar-refractivity contribution in [2.75, 3.05) is 0 Å². The molecule has 0 radical (unpaired) electrons. The minimum Gasteiger partial charge on any atom is -0.458 e. The van der Waals surface area contributed by atoms with E-state index in [2.05, 4.69) is 4.98 Å². The number of Topliss-reactive ketones (excluding diaryl/α,β-unsaturated/α-hetero) is 1. The molecule has 6 nitrogen and oxygen atoms in total. The van der Waals surface area contributed by atoms with Gasteiger partial charge in [-0.25, -0.2) is 4.98 Å². The average Bonchev–Trinajstić information content (AvgIpc) is 3.38. The predicted molar refractivity (Wildman–Crippen MR) is 134 cm³/mol. The second-order valence-corrected chi connectivity index (χ2v) is 12.2. The van der Waals surface area contributed by atoms with E-state index < -0.39 is 29.5 Å². The van der Waals surface area contributed by atoms with Crippen LogP contribution in [0.5, 0.6) is 0 Å². The zero-order valence-electron chi connectivity index (χ0n) is 21.4. The lowest BCUT2D eigenvalue weighted by molar-refractivity contribution is -0.154. The van der Waals surface area contributed by atoms with Crippen molar-refractivity contribution in [2.45, 2.75) is 98.4 Å². The Kier molecular flexibility index (Phi) is 8.75. The van der Waals surface area contributed by atoms with Crippen molar-refractivity contribution in [3.8, 4) is 0 Å². The smallest absolute Gasteiger partial charge is 0.309 e. The van der Waals surface area contributed by atoms with Crippen molar-refractivity contribution in [1.82, 2.24) is 4.98 Å². The third-order valence-corrected chi connectivity index (χ3v) is 8.74. The summed E-state index contributed by atoms with van der Waals surface area (Å²) in [5.74, 6) is -0.234. The predicted octanol–water partition coefficient (Wildman–Crippen LogP) is 4.96. The van der Waals surface area contributed by atoms with Crippen LogP contribution in [0, 0.1) is 36.0 Å². The number of aliphatic hydroxyl groups is 2. The quantitative estimate of drug-likeness (QED) is 0.568. The zero-order valence-corrected chi connectivity index (χ0v) is 22.2. The number of carbonyl (C=O) groups is 2. The molecule has 1 aliphatic heterocycles. The summed E-state index contributed by atoms with van der Waals surface area (Å²) in [6, 6.07) is 0. The molecule has 190 valence electrons. The number of aliphatic hydroxyl groups excluding tert-OH is 2. The summed E-state index contributed by atoms with van der Waals surface area (Å²) in [5.41, 5.74) is 0.639. The van der Waals surface area contributed by atoms with Crippen molar-refractivity contribution in [1.29, 1.82) is 0 Å². The minimum atomic E-state index is -1.19. The number of cyclic esters (lactones) is 1. The Morgan fingerprint density at radius 2 is 1.88 bits per heavy atom. The van der Waals surface area contributed by atoms with Crippen LogP contribution >= 0.6 is 11.3 Å². The van der Waals surface area contributed by atoms with E-state index in [0.29, 0.717) is 11.8 Å². The van der Waals surface area contributed by atoms with Crippen molar-refractivity contribution >= 4 is 29.2 Å². The molecule has 0 aromatic carbocycles. The average molecular weight is 492 g/mol. The number of hydrogen-bond donors (Lipinski definition) is 2. The molecule has 0 unspecified atom stereocenters. The lowest BCUT2D eigenvalue weighted by Gasteiger charge is -2.34. The first-order valence-corrected chi connectivity index (χ1v) is 13.5. The molecule has 1 aromatic rings. The number of aromatic nitrogens is 1. The minimum absolute atomic E-state index is 0.00135. The van der Waals surface area contributed by atoms with Crippen LogP contribution in [-0.2, 0) is 14.3 Å². The molecular weight excluding hydrogens is 450 g/mol. The van der Waals surface area contributed by atoms with Gasteiger partial charge in [0.15, 0.2) is 0 Å². The van der Waals surface area contributed by atoms with Gasteiger partial charge in [-0.3, -0.25) is 9.59 Å². The Hall–Kier alpha value is -1.57. The third kappa shape index (κ3) is 6.55. The number of nitrogens with zero attached hydrogens (tertiary/aromatic N) is 1. The van der Waals surface area contributed by atoms with Crippen LogP contribution in [0.4, 0.5) is 0 Å². The van der Waals surface area contributed by atoms with Gasteiger partial charge in [0.05, 0.1) is 34.7 Å². The van der Waals surface area contributed by atoms with Crippen LogP contribution in [0.25, 0.3) is 6.08 Å². The molecule has 0 bridgehead atoms. The Bertz CT molecular complexity index is 907. The summed E-state index contributed by atoms with van der Waals surface area (Å²) in [6.07, 6.45) is 4.23. The van der Waals surface area contributed by atoms with E-state index in [9.17, 15) is 19.8 Å². The maximum atomic E-state index is 13.2. The first-order chi connectivity index (χ1) is 15.9. The van der Waals surface area contributed by atoms with Crippen molar-refractivity contribution < 1.29 is 24.5 Å². The van der Waals surface area contributed by atoms with Gasteiger partial charge in [-0.1, -0.05) is 40.5 Å². The highest BCUT2D eigenvalue weighted by molar-refractivity contribution is 7.09. The number of thiazole rings is 1. The topological polar surface area (TPSA) is 96.7 Å². The number of aryl methyl sites for hydroxylation is 1. The van der Waals surface area contributed by atoms with Crippen LogP contribution in [0.1, 0.15) is 83.8 Å². The Balaban J connectivity index is 1.81. The summed E-state index contributed by atoms with van der Waals surface area (Å²) in [5, 5.41) is 24.6. The molecule has 0 amide bonds. The van der Waals surface area contributed by atoms with Crippen molar-refractivity contribution in [3.63, 3.8) is 0 Å². The summed E-state index contributed by atoms with van der Waals surface area (Å²) in [7, 11) is 0. The van der Waals surface area contributed by atoms with Gasteiger partial charge in [0.2, 0.25) is 0 Å². The highest BCUT2D eigenvalue weighted by Gasteiger charge is 2.43. The van der Waals surface area contributed by atoms with Gasteiger partial charge >= 0.3 is 5.97 Å². The summed E-state index contributed by atoms with van der Waals surface area (Å²) >= 11 is 1.58. The molecule has 1 saturated heterocycles. The Morgan fingerprint density at radius 3 is 2.53 bits per heavy atom. The highest BCUT2D eigenvalue weighted by Crippen LogP contribution is 2.47. The molecule has 7 atom stereocenters. The highest BCUT2D eigenvalue weighted by atomic mass is 32.1. The molecule has 1 saturated carbocycles.